The maximum atomic E-state index is 5.96. The van der Waals surface area contributed by atoms with Gasteiger partial charge in [-0.05, 0) is 48.3 Å². The summed E-state index contributed by atoms with van der Waals surface area (Å²) in [5, 5.41) is 0. The predicted octanol–water partition coefficient (Wildman–Crippen LogP) is 5.86. The van der Waals surface area contributed by atoms with Gasteiger partial charge in [-0.2, -0.15) is 0 Å². The normalized spacial score (nSPS) is 25.5. The Balaban J connectivity index is 0.000000880. The lowest BCUT2D eigenvalue weighted by Crippen LogP contribution is -2.24. The van der Waals surface area contributed by atoms with E-state index in [0.29, 0.717) is 0 Å². The molecule has 1 aliphatic carbocycles. The molecule has 136 valence electrons. The van der Waals surface area contributed by atoms with E-state index in [1.54, 1.807) is 0 Å². The highest BCUT2D eigenvalue weighted by molar-refractivity contribution is 7.15. The van der Waals surface area contributed by atoms with Gasteiger partial charge in [-0.25, -0.2) is 0 Å². The summed E-state index contributed by atoms with van der Waals surface area (Å²) < 4.78 is 5.96. The number of benzene rings is 1. The summed E-state index contributed by atoms with van der Waals surface area (Å²) in [5.41, 5.74) is 1.33. The zero-order chi connectivity index (χ0) is 17.6. The molecule has 2 aliphatic rings. The van der Waals surface area contributed by atoms with Gasteiger partial charge in [0.25, 0.3) is 0 Å². The van der Waals surface area contributed by atoms with Crippen LogP contribution < -0.4 is 0 Å². The van der Waals surface area contributed by atoms with E-state index in [4.69, 9.17) is 4.74 Å². The van der Waals surface area contributed by atoms with E-state index in [0.717, 1.165) is 31.1 Å². The summed E-state index contributed by atoms with van der Waals surface area (Å²) in [6, 6.07) is 15.3. The number of hydrogen-bond acceptors (Lipinski definition) is 3. The summed E-state index contributed by atoms with van der Waals surface area (Å²) in [6.45, 7) is 10.5. The van der Waals surface area contributed by atoms with Crippen LogP contribution >= 0.6 is 11.3 Å². The van der Waals surface area contributed by atoms with Crippen molar-refractivity contribution in [1.29, 1.82) is 0 Å². The maximum absolute atomic E-state index is 5.96. The quantitative estimate of drug-likeness (QED) is 0.642. The molecule has 2 aromatic rings. The van der Waals surface area contributed by atoms with Crippen molar-refractivity contribution in [3.05, 3.63) is 47.3 Å². The van der Waals surface area contributed by atoms with Gasteiger partial charge in [0.1, 0.15) is 0 Å². The Labute approximate surface area is 156 Å². The Hall–Kier alpha value is -1.16. The molecule has 3 heteroatoms. The van der Waals surface area contributed by atoms with Crippen molar-refractivity contribution in [2.45, 2.75) is 39.5 Å². The van der Waals surface area contributed by atoms with Gasteiger partial charge >= 0.3 is 0 Å². The van der Waals surface area contributed by atoms with Crippen molar-refractivity contribution in [3.8, 4) is 10.4 Å². The Morgan fingerprint density at radius 2 is 1.92 bits per heavy atom. The Morgan fingerprint density at radius 1 is 1.12 bits per heavy atom. The summed E-state index contributed by atoms with van der Waals surface area (Å²) in [4.78, 5) is 5.37. The Bertz CT molecular complexity index is 638. The minimum absolute atomic E-state index is 0.731. The van der Waals surface area contributed by atoms with Crippen LogP contribution in [0.25, 0.3) is 10.4 Å². The second kappa shape index (κ2) is 8.98. The third kappa shape index (κ3) is 4.93. The topological polar surface area (TPSA) is 12.5 Å². The summed E-state index contributed by atoms with van der Waals surface area (Å²) in [7, 11) is 0. The van der Waals surface area contributed by atoms with Crippen LogP contribution in [-0.4, -0.2) is 31.3 Å². The highest BCUT2D eigenvalue weighted by atomic mass is 32.1. The Morgan fingerprint density at radius 3 is 2.64 bits per heavy atom. The zero-order valence-electron chi connectivity index (χ0n) is 15.8. The zero-order valence-corrected chi connectivity index (χ0v) is 16.6. The fourth-order valence-corrected chi connectivity index (χ4v) is 4.79. The van der Waals surface area contributed by atoms with Crippen LogP contribution in [0.1, 0.15) is 44.4 Å². The van der Waals surface area contributed by atoms with Crippen LogP contribution in [-0.2, 0) is 4.74 Å². The first-order valence-corrected chi connectivity index (χ1v) is 10.6. The molecule has 0 radical (unpaired) electrons. The second-order valence-electron chi connectivity index (χ2n) is 7.14. The van der Waals surface area contributed by atoms with Crippen LogP contribution in [0.4, 0.5) is 0 Å². The Kier molecular flexibility index (Phi) is 6.69. The maximum Gasteiger partial charge on any atom is 0.0990 e. The molecule has 0 amide bonds. The lowest BCUT2D eigenvalue weighted by Gasteiger charge is -2.15. The molecule has 1 saturated carbocycles. The summed E-state index contributed by atoms with van der Waals surface area (Å²) in [6.07, 6.45) is 2.62. The average molecular weight is 358 g/mol. The smallest absolute Gasteiger partial charge is 0.0990 e. The molecule has 25 heavy (non-hydrogen) atoms. The number of likely N-dealkylation sites (tertiary alicyclic amines) is 1. The molecule has 0 N–H and O–H groups in total. The number of ether oxygens (including phenoxy) is 1. The van der Waals surface area contributed by atoms with E-state index < -0.39 is 0 Å². The lowest BCUT2D eigenvalue weighted by molar-refractivity contribution is 0.0336. The number of hydrogen-bond donors (Lipinski definition) is 0. The van der Waals surface area contributed by atoms with Crippen molar-refractivity contribution in [1.82, 2.24) is 4.90 Å². The van der Waals surface area contributed by atoms with Crippen molar-refractivity contribution in [3.63, 3.8) is 0 Å². The van der Waals surface area contributed by atoms with E-state index >= 15 is 0 Å². The molecule has 2 fully saturated rings. The molecule has 1 aliphatic heterocycles. The van der Waals surface area contributed by atoms with Gasteiger partial charge < -0.3 is 4.74 Å². The molecular weight excluding hydrogens is 326 g/mol. The van der Waals surface area contributed by atoms with Gasteiger partial charge in [0.2, 0.25) is 0 Å². The monoisotopic (exact) mass is 357 g/mol. The SMILES string of the molecule is CC.CC1CCN(COCC2CC2c2ccc(-c3ccccc3)s2)C1. The number of rotatable bonds is 6. The molecule has 0 bridgehead atoms. The molecule has 3 unspecified atom stereocenters. The van der Waals surface area contributed by atoms with Crippen molar-refractivity contribution in [2.24, 2.45) is 11.8 Å². The third-order valence-corrected chi connectivity index (χ3v) is 6.35. The van der Waals surface area contributed by atoms with Gasteiger partial charge in [0.05, 0.1) is 13.3 Å². The molecule has 2 heterocycles. The second-order valence-corrected chi connectivity index (χ2v) is 8.26. The van der Waals surface area contributed by atoms with E-state index in [9.17, 15) is 0 Å². The lowest BCUT2D eigenvalue weighted by atomic mass is 10.2. The van der Waals surface area contributed by atoms with Gasteiger partial charge in [-0.3, -0.25) is 4.90 Å². The largest absolute Gasteiger partial charge is 0.366 e. The summed E-state index contributed by atoms with van der Waals surface area (Å²) >= 11 is 1.95. The molecular formula is C22H31NOS. The molecule has 1 aromatic heterocycles. The molecule has 1 saturated heterocycles. The summed E-state index contributed by atoms with van der Waals surface area (Å²) in [5.74, 6) is 2.31. The van der Waals surface area contributed by atoms with Crippen LogP contribution in [0.15, 0.2) is 42.5 Å². The van der Waals surface area contributed by atoms with Gasteiger partial charge in [-0.1, -0.05) is 51.1 Å². The molecule has 0 spiro atoms. The van der Waals surface area contributed by atoms with Crippen LogP contribution in [0.5, 0.6) is 0 Å². The van der Waals surface area contributed by atoms with Crippen LogP contribution in [0, 0.1) is 11.8 Å². The van der Waals surface area contributed by atoms with Gasteiger partial charge in [0, 0.05) is 22.8 Å². The molecule has 3 atom stereocenters. The minimum atomic E-state index is 0.731. The standard InChI is InChI=1S/C20H25NOS.C2H6/c1-15-9-10-21(12-15)14-22-13-17-11-18(17)20-8-7-19(23-20)16-5-3-2-4-6-16;1-2/h2-8,15,17-18H,9-14H2,1H3;1-2H3. The molecule has 1 aromatic carbocycles. The third-order valence-electron chi connectivity index (χ3n) is 5.09. The van der Waals surface area contributed by atoms with Gasteiger partial charge in [-0.15, -0.1) is 11.3 Å². The van der Waals surface area contributed by atoms with Crippen molar-refractivity contribution >= 4 is 11.3 Å². The van der Waals surface area contributed by atoms with Gasteiger partial charge in [0.15, 0.2) is 0 Å². The van der Waals surface area contributed by atoms with Crippen molar-refractivity contribution < 1.29 is 4.74 Å². The number of thiophene rings is 1. The van der Waals surface area contributed by atoms with Crippen LogP contribution in [0.2, 0.25) is 0 Å². The minimum Gasteiger partial charge on any atom is -0.366 e. The predicted molar refractivity (Wildman–Crippen MR) is 108 cm³/mol. The van der Waals surface area contributed by atoms with E-state index in [1.807, 2.05) is 25.2 Å². The van der Waals surface area contributed by atoms with E-state index in [-0.39, 0.29) is 0 Å². The number of nitrogens with zero attached hydrogens (tertiary/aromatic N) is 1. The fourth-order valence-electron chi connectivity index (χ4n) is 3.57. The van der Waals surface area contributed by atoms with E-state index in [1.165, 1.54) is 41.2 Å². The first-order chi connectivity index (χ1) is 12.3. The highest BCUT2D eigenvalue weighted by Gasteiger charge is 2.39. The average Bonchev–Trinajstić information content (AvgIpc) is 3.06. The fraction of sp³-hybridized carbons (Fsp3) is 0.545. The van der Waals surface area contributed by atoms with E-state index in [2.05, 4.69) is 54.3 Å². The first-order valence-electron chi connectivity index (χ1n) is 9.75. The molecule has 2 nitrogen and oxygen atoms in total. The van der Waals surface area contributed by atoms with Crippen LogP contribution in [0.3, 0.4) is 0 Å². The highest BCUT2D eigenvalue weighted by Crippen LogP contribution is 2.50. The molecule has 4 rings (SSSR count). The van der Waals surface area contributed by atoms with Crippen molar-refractivity contribution in [2.75, 3.05) is 26.4 Å². The first kappa shape index (κ1) is 18.6.